The van der Waals surface area contributed by atoms with Crippen LogP contribution in [0.25, 0.3) is 0 Å². The van der Waals surface area contributed by atoms with Crippen LogP contribution in [0.4, 0.5) is 0 Å². The molecule has 2 aromatic rings. The molecule has 5 nitrogen and oxygen atoms in total. The van der Waals surface area contributed by atoms with Gasteiger partial charge in [-0.1, -0.05) is 36.5 Å². The number of nitrogens with one attached hydrogen (secondary N) is 1. The Bertz CT molecular complexity index is 685. The van der Waals surface area contributed by atoms with Crippen LogP contribution in [-0.4, -0.2) is 14.8 Å². The van der Waals surface area contributed by atoms with E-state index < -0.39 is 0 Å². The zero-order chi connectivity index (χ0) is 13.1. The highest BCUT2D eigenvalue weighted by atomic mass is 32.1. The van der Waals surface area contributed by atoms with Gasteiger partial charge in [0.1, 0.15) is 4.99 Å². The normalized spacial score (nSPS) is 10.2. The first-order valence-electron chi connectivity index (χ1n) is 5.25. The zero-order valence-electron chi connectivity index (χ0n) is 9.42. The molecule has 1 heterocycles. The van der Waals surface area contributed by atoms with Crippen LogP contribution in [0.1, 0.15) is 11.1 Å². The molecule has 1 aromatic carbocycles. The Balaban J connectivity index is 2.29. The van der Waals surface area contributed by atoms with Gasteiger partial charge in [-0.2, -0.15) is 0 Å². The monoisotopic (exact) mass is 261 g/mol. The molecule has 18 heavy (non-hydrogen) atoms. The fourth-order valence-electron chi connectivity index (χ4n) is 1.54. The van der Waals surface area contributed by atoms with E-state index in [9.17, 15) is 9.59 Å². The molecule has 1 aromatic heterocycles. The molecule has 3 N–H and O–H groups in total. The molecule has 0 aliphatic rings. The molecule has 0 aliphatic heterocycles. The summed E-state index contributed by atoms with van der Waals surface area (Å²) in [5.41, 5.74) is 6.56. The highest BCUT2D eigenvalue weighted by molar-refractivity contribution is 7.80. The molecular formula is C12H11N3O2S. The Morgan fingerprint density at radius 2 is 1.83 bits per heavy atom. The number of benzene rings is 1. The van der Waals surface area contributed by atoms with Gasteiger partial charge in [0, 0.05) is 17.7 Å². The number of thiocarbonyl (C=S) groups is 1. The third-order valence-electron chi connectivity index (χ3n) is 2.47. The van der Waals surface area contributed by atoms with Gasteiger partial charge < -0.3 is 5.73 Å². The molecule has 0 atom stereocenters. The lowest BCUT2D eigenvalue weighted by Gasteiger charge is -2.05. The number of aromatic nitrogens is 2. The first-order valence-corrected chi connectivity index (χ1v) is 5.66. The summed E-state index contributed by atoms with van der Waals surface area (Å²) in [5.74, 6) is 0. The number of nitrogens with zero attached hydrogens (tertiary/aromatic N) is 1. The van der Waals surface area contributed by atoms with Gasteiger partial charge in [0.05, 0.1) is 6.54 Å². The molecule has 2 rings (SSSR count). The summed E-state index contributed by atoms with van der Waals surface area (Å²) in [6.45, 7) is 0.298. The number of H-pyrrole nitrogens is 1. The largest absolute Gasteiger partial charge is 0.389 e. The van der Waals surface area contributed by atoms with Crippen LogP contribution in [0.5, 0.6) is 0 Å². The lowest BCUT2D eigenvalue weighted by Crippen LogP contribution is -2.28. The first-order chi connectivity index (χ1) is 8.56. The van der Waals surface area contributed by atoms with Gasteiger partial charge >= 0.3 is 0 Å². The van der Waals surface area contributed by atoms with Crippen LogP contribution in [-0.2, 0) is 6.54 Å². The standard InChI is InChI=1S/C12H11N3O2S/c13-12(18)9-3-1-8(2-4-9)7-15-11(17)6-5-10(16)14-15/h1-6H,7H2,(H2,13,18)(H,14,16). The minimum atomic E-state index is -0.311. The maximum absolute atomic E-state index is 11.5. The average molecular weight is 261 g/mol. The molecular weight excluding hydrogens is 250 g/mol. The summed E-state index contributed by atoms with van der Waals surface area (Å²) >= 11 is 4.85. The van der Waals surface area contributed by atoms with E-state index in [4.69, 9.17) is 18.0 Å². The fourth-order valence-corrected chi connectivity index (χ4v) is 1.67. The number of hydrogen-bond donors (Lipinski definition) is 2. The molecule has 0 unspecified atom stereocenters. The summed E-state index contributed by atoms with van der Waals surface area (Å²) in [6, 6.07) is 9.63. The van der Waals surface area contributed by atoms with Gasteiger partial charge in [0.15, 0.2) is 0 Å². The summed E-state index contributed by atoms with van der Waals surface area (Å²) in [6.07, 6.45) is 0. The van der Waals surface area contributed by atoms with Crippen LogP contribution < -0.4 is 16.9 Å². The quantitative estimate of drug-likeness (QED) is 0.774. The average Bonchev–Trinajstić information content (AvgIpc) is 2.34. The lowest BCUT2D eigenvalue weighted by molar-refractivity contribution is 0.627. The summed E-state index contributed by atoms with van der Waals surface area (Å²) < 4.78 is 1.25. The van der Waals surface area contributed by atoms with Crippen molar-refractivity contribution in [1.29, 1.82) is 0 Å². The Labute approximate surface area is 108 Å². The maximum atomic E-state index is 11.5. The molecule has 0 fully saturated rings. The molecule has 0 amide bonds. The van der Waals surface area contributed by atoms with E-state index in [2.05, 4.69) is 5.10 Å². The van der Waals surface area contributed by atoms with E-state index in [-0.39, 0.29) is 11.1 Å². The Morgan fingerprint density at radius 1 is 1.17 bits per heavy atom. The van der Waals surface area contributed by atoms with Crippen molar-refractivity contribution in [2.75, 3.05) is 0 Å². The summed E-state index contributed by atoms with van der Waals surface area (Å²) in [5, 5.41) is 2.46. The number of rotatable bonds is 3. The molecule has 0 radical (unpaired) electrons. The van der Waals surface area contributed by atoms with Crippen molar-refractivity contribution >= 4 is 17.2 Å². The predicted octanol–water partition coefficient (Wildman–Crippen LogP) is 0.219. The summed E-state index contributed by atoms with van der Waals surface area (Å²) in [7, 11) is 0. The highest BCUT2D eigenvalue weighted by Gasteiger charge is 2.00. The third-order valence-corrected chi connectivity index (χ3v) is 2.70. The first kappa shape index (κ1) is 12.3. The van der Waals surface area contributed by atoms with E-state index >= 15 is 0 Å². The highest BCUT2D eigenvalue weighted by Crippen LogP contribution is 2.04. The van der Waals surface area contributed by atoms with Crippen LogP contribution in [0.3, 0.4) is 0 Å². The van der Waals surface area contributed by atoms with E-state index in [1.165, 1.54) is 16.8 Å². The number of nitrogens with two attached hydrogens (primary N) is 1. The van der Waals surface area contributed by atoms with Crippen LogP contribution in [0, 0.1) is 0 Å². The van der Waals surface area contributed by atoms with Crippen LogP contribution in [0.2, 0.25) is 0 Å². The van der Waals surface area contributed by atoms with Crippen molar-refractivity contribution in [3.8, 4) is 0 Å². The smallest absolute Gasteiger partial charge is 0.265 e. The minimum absolute atomic E-state index is 0.256. The van der Waals surface area contributed by atoms with Crippen molar-refractivity contribution in [2.24, 2.45) is 5.73 Å². The minimum Gasteiger partial charge on any atom is -0.389 e. The third kappa shape index (κ3) is 2.72. The van der Waals surface area contributed by atoms with Crippen molar-refractivity contribution < 1.29 is 0 Å². The van der Waals surface area contributed by atoms with Gasteiger partial charge in [0.25, 0.3) is 11.1 Å². The zero-order valence-corrected chi connectivity index (χ0v) is 10.2. The van der Waals surface area contributed by atoms with Gasteiger partial charge in [-0.15, -0.1) is 0 Å². The Kier molecular flexibility index (Phi) is 3.38. The predicted molar refractivity (Wildman–Crippen MR) is 72.8 cm³/mol. The molecule has 0 bridgehead atoms. The topological polar surface area (TPSA) is 80.9 Å². The Morgan fingerprint density at radius 3 is 2.44 bits per heavy atom. The van der Waals surface area contributed by atoms with E-state index in [0.717, 1.165) is 11.1 Å². The van der Waals surface area contributed by atoms with E-state index in [0.29, 0.717) is 11.5 Å². The SMILES string of the molecule is NC(=S)c1ccc(Cn2[nH]c(=O)ccc2=O)cc1. The fraction of sp³-hybridized carbons (Fsp3) is 0.0833. The van der Waals surface area contributed by atoms with Gasteiger partial charge in [-0.3, -0.25) is 14.7 Å². The molecule has 0 aliphatic carbocycles. The van der Waals surface area contributed by atoms with Gasteiger partial charge in [-0.05, 0) is 5.56 Å². The molecule has 92 valence electrons. The number of aromatic amines is 1. The molecule has 0 spiro atoms. The summed E-state index contributed by atoms with van der Waals surface area (Å²) in [4.78, 5) is 23.0. The molecule has 0 saturated carbocycles. The maximum Gasteiger partial charge on any atom is 0.265 e. The van der Waals surface area contributed by atoms with Crippen molar-refractivity contribution in [1.82, 2.24) is 9.78 Å². The van der Waals surface area contributed by atoms with Crippen molar-refractivity contribution in [3.63, 3.8) is 0 Å². The van der Waals surface area contributed by atoms with Crippen molar-refractivity contribution in [2.45, 2.75) is 6.54 Å². The van der Waals surface area contributed by atoms with Gasteiger partial charge in [0.2, 0.25) is 0 Å². The number of hydrogen-bond acceptors (Lipinski definition) is 3. The second-order valence-corrected chi connectivity index (χ2v) is 4.23. The van der Waals surface area contributed by atoms with E-state index in [1.807, 2.05) is 12.1 Å². The molecule has 0 saturated heterocycles. The lowest BCUT2D eigenvalue weighted by atomic mass is 10.1. The second kappa shape index (κ2) is 4.97. The molecule has 6 heteroatoms. The van der Waals surface area contributed by atoms with Crippen LogP contribution >= 0.6 is 12.2 Å². The van der Waals surface area contributed by atoms with Crippen LogP contribution in [0.15, 0.2) is 46.0 Å². The van der Waals surface area contributed by atoms with E-state index in [1.54, 1.807) is 12.1 Å². The second-order valence-electron chi connectivity index (χ2n) is 3.79. The van der Waals surface area contributed by atoms with Crippen molar-refractivity contribution in [3.05, 3.63) is 68.2 Å². The van der Waals surface area contributed by atoms with Gasteiger partial charge in [-0.25, -0.2) is 4.68 Å². The Hall–Kier alpha value is -2.21.